The Labute approximate surface area is 171 Å². The van der Waals surface area contributed by atoms with E-state index in [1.165, 1.54) is 0 Å². The number of aromatic hydroxyl groups is 4. The monoisotopic (exact) mass is 390 g/mol. The van der Waals surface area contributed by atoms with Gasteiger partial charge in [-0.1, -0.05) is 72.8 Å². The van der Waals surface area contributed by atoms with E-state index in [1.807, 2.05) is 43.3 Å². The molecule has 0 spiro atoms. The Hall–Kier alpha value is -3.92. The van der Waals surface area contributed by atoms with E-state index in [9.17, 15) is 0 Å². The molecule has 4 rings (SSSR count). The van der Waals surface area contributed by atoms with Crippen LogP contribution in [0.15, 0.2) is 115 Å². The quantitative estimate of drug-likeness (QED) is 0.302. The van der Waals surface area contributed by atoms with E-state index in [2.05, 4.69) is 0 Å². The van der Waals surface area contributed by atoms with Crippen LogP contribution < -0.4 is 0 Å². The second kappa shape index (κ2) is 14.2. The molecule has 4 aromatic rings. The summed E-state index contributed by atoms with van der Waals surface area (Å²) in [5.74, 6) is 1.33. The second-order valence-electron chi connectivity index (χ2n) is 5.79. The van der Waals surface area contributed by atoms with Gasteiger partial charge in [-0.05, 0) is 55.0 Å². The number of aryl methyl sites for hydroxylation is 1. The second-order valence-corrected chi connectivity index (χ2v) is 5.79. The fraction of sp³-hybridized carbons (Fsp3) is 0.0400. The molecular weight excluding hydrogens is 364 g/mol. The molecule has 0 saturated carbocycles. The summed E-state index contributed by atoms with van der Waals surface area (Å²) in [4.78, 5) is 0. The largest absolute Gasteiger partial charge is 0.508 e. The maximum absolute atomic E-state index is 8.92. The first-order valence-electron chi connectivity index (χ1n) is 8.95. The van der Waals surface area contributed by atoms with Crippen LogP contribution in [-0.2, 0) is 0 Å². The van der Waals surface area contributed by atoms with Gasteiger partial charge in [-0.3, -0.25) is 0 Å². The lowest BCUT2D eigenvalue weighted by atomic mass is 10.2. The molecule has 4 N–H and O–H groups in total. The van der Waals surface area contributed by atoms with Gasteiger partial charge in [0.05, 0.1) is 0 Å². The third-order valence-corrected chi connectivity index (χ3v) is 3.38. The number of hydrogen-bond acceptors (Lipinski definition) is 4. The van der Waals surface area contributed by atoms with Gasteiger partial charge in [-0.2, -0.15) is 0 Å². The molecule has 150 valence electrons. The average Bonchev–Trinajstić information content (AvgIpc) is 2.73. The molecule has 29 heavy (non-hydrogen) atoms. The number of phenolic OH excluding ortho intramolecular Hbond substituents is 4. The number of phenols is 4. The third-order valence-electron chi connectivity index (χ3n) is 3.38. The van der Waals surface area contributed by atoms with Gasteiger partial charge in [0.15, 0.2) is 0 Å². The molecule has 0 unspecified atom stereocenters. The van der Waals surface area contributed by atoms with E-state index in [1.54, 1.807) is 78.9 Å². The van der Waals surface area contributed by atoms with Crippen molar-refractivity contribution in [3.8, 4) is 23.0 Å². The van der Waals surface area contributed by atoms with E-state index in [0.717, 1.165) is 5.56 Å². The Morgan fingerprint density at radius 1 is 0.379 bits per heavy atom. The minimum Gasteiger partial charge on any atom is -0.508 e. The zero-order valence-corrected chi connectivity index (χ0v) is 16.3. The molecule has 0 aliphatic rings. The smallest absolute Gasteiger partial charge is 0.118 e. The van der Waals surface area contributed by atoms with E-state index >= 15 is 0 Å². The molecule has 0 aromatic heterocycles. The van der Waals surface area contributed by atoms with Crippen molar-refractivity contribution >= 4 is 0 Å². The summed E-state index contributed by atoms with van der Waals surface area (Å²) in [6.45, 7) is 1.87. The molecule has 0 saturated heterocycles. The lowest BCUT2D eigenvalue weighted by molar-refractivity contribution is 0.471. The lowest BCUT2D eigenvalue weighted by Crippen LogP contribution is -1.68. The van der Waals surface area contributed by atoms with Crippen LogP contribution in [-0.4, -0.2) is 20.4 Å². The summed E-state index contributed by atoms with van der Waals surface area (Å²) in [5, 5.41) is 34.8. The van der Waals surface area contributed by atoms with Crippen LogP contribution >= 0.6 is 0 Å². The normalized spacial score (nSPS) is 8.72. The average molecular weight is 390 g/mol. The Morgan fingerprint density at radius 3 is 0.828 bits per heavy atom. The molecule has 4 nitrogen and oxygen atoms in total. The van der Waals surface area contributed by atoms with Crippen LogP contribution in [0.25, 0.3) is 0 Å². The molecule has 0 radical (unpaired) electrons. The van der Waals surface area contributed by atoms with Gasteiger partial charge in [0, 0.05) is 0 Å². The van der Waals surface area contributed by atoms with Crippen LogP contribution in [0.4, 0.5) is 0 Å². The Balaban J connectivity index is 0.000000194. The highest BCUT2D eigenvalue weighted by Gasteiger charge is 1.87. The standard InChI is InChI=1S/C7H8O.3C6H6O/c1-6-4-2-3-5-7(6)8;3*7-6-4-2-1-3-5-6/h2-5,8H,1H3;3*1-5,7H. The molecule has 0 amide bonds. The van der Waals surface area contributed by atoms with Crippen LogP contribution in [0.3, 0.4) is 0 Å². The van der Waals surface area contributed by atoms with Crippen molar-refractivity contribution in [2.24, 2.45) is 0 Å². The van der Waals surface area contributed by atoms with Crippen molar-refractivity contribution in [1.82, 2.24) is 0 Å². The van der Waals surface area contributed by atoms with Crippen molar-refractivity contribution in [2.45, 2.75) is 6.92 Å². The molecule has 4 heteroatoms. The van der Waals surface area contributed by atoms with Crippen LogP contribution in [0, 0.1) is 6.92 Å². The Morgan fingerprint density at radius 2 is 0.655 bits per heavy atom. The van der Waals surface area contributed by atoms with Crippen molar-refractivity contribution in [3.05, 3.63) is 121 Å². The number of hydrogen-bond donors (Lipinski definition) is 4. The number of benzene rings is 4. The fourth-order valence-corrected chi connectivity index (χ4v) is 1.85. The SMILES string of the molecule is Cc1ccccc1O.Oc1ccccc1.Oc1ccccc1.Oc1ccccc1. The van der Waals surface area contributed by atoms with Crippen molar-refractivity contribution in [3.63, 3.8) is 0 Å². The van der Waals surface area contributed by atoms with Crippen LogP contribution in [0.2, 0.25) is 0 Å². The first-order valence-corrected chi connectivity index (χ1v) is 8.95. The van der Waals surface area contributed by atoms with Gasteiger partial charge in [0.2, 0.25) is 0 Å². The van der Waals surface area contributed by atoms with Gasteiger partial charge in [0.1, 0.15) is 23.0 Å². The highest BCUT2D eigenvalue weighted by molar-refractivity contribution is 5.29. The molecule has 0 heterocycles. The van der Waals surface area contributed by atoms with Gasteiger partial charge < -0.3 is 20.4 Å². The number of rotatable bonds is 0. The summed E-state index contributed by atoms with van der Waals surface area (Å²) in [6, 6.07) is 33.4. The molecule has 0 atom stereocenters. The Bertz CT molecular complexity index is 785. The molecule has 0 aliphatic carbocycles. The predicted octanol–water partition coefficient (Wildman–Crippen LogP) is 5.88. The maximum Gasteiger partial charge on any atom is 0.118 e. The highest BCUT2D eigenvalue weighted by Crippen LogP contribution is 2.12. The fourth-order valence-electron chi connectivity index (χ4n) is 1.85. The summed E-state index contributed by atoms with van der Waals surface area (Å²) >= 11 is 0. The predicted molar refractivity (Wildman–Crippen MR) is 117 cm³/mol. The number of para-hydroxylation sites is 4. The van der Waals surface area contributed by atoms with Crippen molar-refractivity contribution in [1.29, 1.82) is 0 Å². The summed E-state index contributed by atoms with van der Waals surface area (Å²) in [6.07, 6.45) is 0. The van der Waals surface area contributed by atoms with Gasteiger partial charge in [0.25, 0.3) is 0 Å². The first-order chi connectivity index (χ1) is 14.0. The molecule has 4 aromatic carbocycles. The zero-order chi connectivity index (χ0) is 21.3. The van der Waals surface area contributed by atoms with E-state index in [0.29, 0.717) is 23.0 Å². The minimum absolute atomic E-state index is 0.322. The molecular formula is C25H26O4. The summed E-state index contributed by atoms with van der Waals surface area (Å²) < 4.78 is 0. The van der Waals surface area contributed by atoms with E-state index < -0.39 is 0 Å². The lowest BCUT2D eigenvalue weighted by Gasteiger charge is -1.92. The highest BCUT2D eigenvalue weighted by atomic mass is 16.3. The van der Waals surface area contributed by atoms with E-state index in [4.69, 9.17) is 20.4 Å². The van der Waals surface area contributed by atoms with Crippen LogP contribution in [0.1, 0.15) is 5.56 Å². The van der Waals surface area contributed by atoms with Gasteiger partial charge in [-0.15, -0.1) is 0 Å². The first kappa shape index (κ1) is 23.1. The molecule has 0 aliphatic heterocycles. The van der Waals surface area contributed by atoms with E-state index in [-0.39, 0.29) is 0 Å². The third kappa shape index (κ3) is 12.2. The molecule has 0 fully saturated rings. The van der Waals surface area contributed by atoms with Crippen molar-refractivity contribution < 1.29 is 20.4 Å². The topological polar surface area (TPSA) is 80.9 Å². The maximum atomic E-state index is 8.92. The van der Waals surface area contributed by atoms with Crippen molar-refractivity contribution in [2.75, 3.05) is 0 Å². The van der Waals surface area contributed by atoms with Gasteiger partial charge in [-0.25, -0.2) is 0 Å². The minimum atomic E-state index is 0.322. The Kier molecular flexibility index (Phi) is 11.3. The van der Waals surface area contributed by atoms with Crippen LogP contribution in [0.5, 0.6) is 23.0 Å². The zero-order valence-electron chi connectivity index (χ0n) is 16.3. The summed E-state index contributed by atoms with van der Waals surface area (Å²) in [5.41, 5.74) is 0.924. The molecule has 0 bridgehead atoms. The van der Waals surface area contributed by atoms with Gasteiger partial charge >= 0.3 is 0 Å². The summed E-state index contributed by atoms with van der Waals surface area (Å²) in [7, 11) is 0.